The number of halogens is 1. The molecular weight excluding hydrogens is 371 g/mol. The SMILES string of the molecule is COC(=O)[C@H](C)C[C@H](NC(=O)[C@H](Cc1ccc(F)cc1)NC(C)=O)C(=O)OC. The molecule has 1 aromatic rings. The average Bonchev–Trinajstić information content (AvgIpc) is 2.66. The maximum atomic E-state index is 13.1. The number of amides is 2. The smallest absolute Gasteiger partial charge is 0.328 e. The van der Waals surface area contributed by atoms with Gasteiger partial charge in [0.15, 0.2) is 0 Å². The summed E-state index contributed by atoms with van der Waals surface area (Å²) in [5, 5.41) is 5.01. The normalized spacial score (nSPS) is 13.6. The molecule has 0 aliphatic carbocycles. The van der Waals surface area contributed by atoms with E-state index in [1.165, 1.54) is 38.3 Å². The highest BCUT2D eigenvalue weighted by atomic mass is 19.1. The molecule has 0 saturated heterocycles. The summed E-state index contributed by atoms with van der Waals surface area (Å²) in [6.45, 7) is 2.81. The lowest BCUT2D eigenvalue weighted by atomic mass is 10.0. The van der Waals surface area contributed by atoms with Gasteiger partial charge in [-0.3, -0.25) is 14.4 Å². The summed E-state index contributed by atoms with van der Waals surface area (Å²) in [5.41, 5.74) is 0.618. The van der Waals surface area contributed by atoms with E-state index in [1.54, 1.807) is 6.92 Å². The fraction of sp³-hybridized carbons (Fsp3) is 0.474. The maximum Gasteiger partial charge on any atom is 0.328 e. The van der Waals surface area contributed by atoms with Gasteiger partial charge in [0, 0.05) is 13.3 Å². The van der Waals surface area contributed by atoms with Gasteiger partial charge in [-0.05, 0) is 24.1 Å². The number of methoxy groups -OCH3 is 2. The summed E-state index contributed by atoms with van der Waals surface area (Å²) in [6, 6.07) is 3.38. The predicted octanol–water partition coefficient (Wildman–Crippen LogP) is 0.730. The van der Waals surface area contributed by atoms with Crippen molar-refractivity contribution in [3.05, 3.63) is 35.6 Å². The van der Waals surface area contributed by atoms with Gasteiger partial charge in [0.05, 0.1) is 20.1 Å². The molecule has 154 valence electrons. The van der Waals surface area contributed by atoms with Crippen LogP contribution in [-0.4, -0.2) is 50.1 Å². The molecule has 28 heavy (non-hydrogen) atoms. The molecule has 0 unspecified atom stereocenters. The van der Waals surface area contributed by atoms with E-state index in [2.05, 4.69) is 20.1 Å². The Morgan fingerprint density at radius 2 is 1.54 bits per heavy atom. The van der Waals surface area contributed by atoms with Crippen LogP contribution in [0.1, 0.15) is 25.8 Å². The Hall–Kier alpha value is -2.97. The number of carbonyl (C=O) groups excluding carboxylic acids is 4. The second-order valence-electron chi connectivity index (χ2n) is 6.33. The second-order valence-corrected chi connectivity index (χ2v) is 6.33. The first kappa shape index (κ1) is 23.1. The first-order valence-corrected chi connectivity index (χ1v) is 8.65. The molecule has 2 amide bonds. The standard InChI is InChI=1S/C19H25FN2O6/c1-11(18(25)27-3)9-16(19(26)28-4)22-17(24)15(21-12(2)23)10-13-5-7-14(20)8-6-13/h5-8,11,15-16H,9-10H2,1-4H3,(H,21,23)(H,22,24)/t11-,15+,16+/m1/s1. The van der Waals surface area contributed by atoms with Crippen LogP contribution in [0.5, 0.6) is 0 Å². The van der Waals surface area contributed by atoms with Crippen molar-refractivity contribution in [1.82, 2.24) is 10.6 Å². The minimum atomic E-state index is -1.10. The molecule has 0 aromatic heterocycles. The molecule has 0 bridgehead atoms. The summed E-state index contributed by atoms with van der Waals surface area (Å²) in [5.74, 6) is -3.43. The Morgan fingerprint density at radius 3 is 2.04 bits per heavy atom. The zero-order valence-corrected chi connectivity index (χ0v) is 16.3. The Kier molecular flexibility index (Phi) is 9.07. The van der Waals surface area contributed by atoms with E-state index in [0.29, 0.717) is 5.56 Å². The zero-order chi connectivity index (χ0) is 21.3. The molecule has 0 fully saturated rings. The number of nitrogens with one attached hydrogen (secondary N) is 2. The molecule has 0 saturated carbocycles. The van der Waals surface area contributed by atoms with Crippen molar-refractivity contribution in [2.45, 2.75) is 38.8 Å². The van der Waals surface area contributed by atoms with Crippen LogP contribution in [0.4, 0.5) is 4.39 Å². The van der Waals surface area contributed by atoms with Crippen molar-refractivity contribution < 1.29 is 33.0 Å². The third kappa shape index (κ3) is 7.34. The van der Waals surface area contributed by atoms with Gasteiger partial charge in [-0.1, -0.05) is 19.1 Å². The van der Waals surface area contributed by atoms with Gasteiger partial charge in [0.1, 0.15) is 17.9 Å². The number of rotatable bonds is 9. The largest absolute Gasteiger partial charge is 0.469 e. The fourth-order valence-corrected chi connectivity index (χ4v) is 2.59. The van der Waals surface area contributed by atoms with E-state index in [1.807, 2.05) is 0 Å². The van der Waals surface area contributed by atoms with E-state index < -0.39 is 47.6 Å². The maximum absolute atomic E-state index is 13.1. The zero-order valence-electron chi connectivity index (χ0n) is 16.3. The van der Waals surface area contributed by atoms with Crippen molar-refractivity contribution in [3.63, 3.8) is 0 Å². The van der Waals surface area contributed by atoms with E-state index in [9.17, 15) is 23.6 Å². The topological polar surface area (TPSA) is 111 Å². The Bertz CT molecular complexity index is 707. The van der Waals surface area contributed by atoms with Crippen LogP contribution in [-0.2, 0) is 35.1 Å². The number of benzene rings is 1. The van der Waals surface area contributed by atoms with Gasteiger partial charge in [-0.2, -0.15) is 0 Å². The summed E-state index contributed by atoms with van der Waals surface area (Å²) in [6.07, 6.45) is 0.0561. The first-order valence-electron chi connectivity index (χ1n) is 8.65. The van der Waals surface area contributed by atoms with Crippen LogP contribution in [0.3, 0.4) is 0 Å². The number of carbonyl (C=O) groups is 4. The summed E-state index contributed by atoms with van der Waals surface area (Å²) >= 11 is 0. The van der Waals surface area contributed by atoms with Gasteiger partial charge < -0.3 is 20.1 Å². The van der Waals surface area contributed by atoms with E-state index >= 15 is 0 Å². The molecule has 0 radical (unpaired) electrons. The van der Waals surface area contributed by atoms with Gasteiger partial charge in [0.2, 0.25) is 11.8 Å². The Labute approximate surface area is 162 Å². The predicted molar refractivity (Wildman–Crippen MR) is 97.5 cm³/mol. The molecule has 2 N–H and O–H groups in total. The third-order valence-electron chi connectivity index (χ3n) is 4.04. The molecule has 3 atom stereocenters. The monoisotopic (exact) mass is 396 g/mol. The number of ether oxygens (including phenoxy) is 2. The van der Waals surface area contributed by atoms with E-state index in [-0.39, 0.29) is 12.8 Å². The summed E-state index contributed by atoms with van der Waals surface area (Å²) < 4.78 is 22.4. The van der Waals surface area contributed by atoms with Crippen molar-refractivity contribution in [2.24, 2.45) is 5.92 Å². The lowest BCUT2D eigenvalue weighted by Gasteiger charge is -2.23. The van der Waals surface area contributed by atoms with Crippen LogP contribution in [0.25, 0.3) is 0 Å². The third-order valence-corrected chi connectivity index (χ3v) is 4.04. The van der Waals surface area contributed by atoms with Crippen LogP contribution in [0.15, 0.2) is 24.3 Å². The van der Waals surface area contributed by atoms with Gasteiger partial charge >= 0.3 is 11.9 Å². The lowest BCUT2D eigenvalue weighted by molar-refractivity contribution is -0.149. The molecule has 0 aliphatic rings. The van der Waals surface area contributed by atoms with Crippen LogP contribution in [0, 0.1) is 11.7 Å². The lowest BCUT2D eigenvalue weighted by Crippen LogP contribution is -2.53. The van der Waals surface area contributed by atoms with Gasteiger partial charge in [0.25, 0.3) is 0 Å². The van der Waals surface area contributed by atoms with Crippen molar-refractivity contribution in [3.8, 4) is 0 Å². The van der Waals surface area contributed by atoms with Crippen LogP contribution < -0.4 is 10.6 Å². The van der Waals surface area contributed by atoms with Crippen LogP contribution in [0.2, 0.25) is 0 Å². The van der Waals surface area contributed by atoms with Crippen molar-refractivity contribution in [2.75, 3.05) is 14.2 Å². The van der Waals surface area contributed by atoms with Crippen LogP contribution >= 0.6 is 0 Å². The van der Waals surface area contributed by atoms with Crippen molar-refractivity contribution in [1.29, 1.82) is 0 Å². The number of hydrogen-bond acceptors (Lipinski definition) is 6. The molecule has 0 aliphatic heterocycles. The highest BCUT2D eigenvalue weighted by Crippen LogP contribution is 2.11. The fourth-order valence-electron chi connectivity index (χ4n) is 2.59. The summed E-state index contributed by atoms with van der Waals surface area (Å²) in [7, 11) is 2.38. The second kappa shape index (κ2) is 11.0. The van der Waals surface area contributed by atoms with E-state index in [4.69, 9.17) is 0 Å². The molecule has 9 heteroatoms. The molecule has 8 nitrogen and oxygen atoms in total. The first-order chi connectivity index (χ1) is 13.2. The molecule has 1 aromatic carbocycles. The minimum absolute atomic E-state index is 0.0333. The minimum Gasteiger partial charge on any atom is -0.469 e. The highest BCUT2D eigenvalue weighted by molar-refractivity contribution is 5.90. The summed E-state index contributed by atoms with van der Waals surface area (Å²) in [4.78, 5) is 47.8. The molecule has 1 rings (SSSR count). The molecule has 0 spiro atoms. The number of hydrogen-bond donors (Lipinski definition) is 2. The Balaban J connectivity index is 2.93. The highest BCUT2D eigenvalue weighted by Gasteiger charge is 2.30. The van der Waals surface area contributed by atoms with Crippen molar-refractivity contribution >= 4 is 23.8 Å². The van der Waals surface area contributed by atoms with E-state index in [0.717, 1.165) is 7.11 Å². The average molecular weight is 396 g/mol. The molecule has 0 heterocycles. The quantitative estimate of drug-likeness (QED) is 0.596. The number of esters is 2. The van der Waals surface area contributed by atoms with Gasteiger partial charge in [-0.15, -0.1) is 0 Å². The van der Waals surface area contributed by atoms with Gasteiger partial charge in [-0.25, -0.2) is 9.18 Å². The Morgan fingerprint density at radius 1 is 0.964 bits per heavy atom. The molecular formula is C19H25FN2O6.